The van der Waals surface area contributed by atoms with Crippen LogP contribution in [0.4, 0.5) is 4.39 Å². The summed E-state index contributed by atoms with van der Waals surface area (Å²) in [7, 11) is 0. The summed E-state index contributed by atoms with van der Waals surface area (Å²) in [5.74, 6) is 0.0799. The molecule has 1 saturated heterocycles. The summed E-state index contributed by atoms with van der Waals surface area (Å²) >= 11 is 0. The third kappa shape index (κ3) is 3.27. The van der Waals surface area contributed by atoms with Gasteiger partial charge in [0.05, 0.1) is 0 Å². The van der Waals surface area contributed by atoms with Crippen molar-refractivity contribution in [2.75, 3.05) is 6.54 Å². The van der Waals surface area contributed by atoms with E-state index in [9.17, 15) is 9.18 Å². The molecule has 0 aliphatic carbocycles. The SMILES string of the molecule is C[C@H]1C[C@H](c2ccc(F)cc2)CN1C(=O)c1ccc(CN)cc1. The van der Waals surface area contributed by atoms with Crippen molar-refractivity contribution < 1.29 is 9.18 Å². The Morgan fingerprint density at radius 3 is 2.43 bits per heavy atom. The van der Waals surface area contributed by atoms with Gasteiger partial charge in [-0.2, -0.15) is 0 Å². The Hall–Kier alpha value is -2.20. The number of benzene rings is 2. The molecule has 3 rings (SSSR count). The van der Waals surface area contributed by atoms with E-state index in [0.717, 1.165) is 17.5 Å². The van der Waals surface area contributed by atoms with Crippen LogP contribution in [0.25, 0.3) is 0 Å². The predicted octanol–water partition coefficient (Wildman–Crippen LogP) is 3.30. The smallest absolute Gasteiger partial charge is 0.254 e. The first-order chi connectivity index (χ1) is 11.1. The highest BCUT2D eigenvalue weighted by atomic mass is 19.1. The Labute approximate surface area is 135 Å². The molecule has 1 aliphatic rings. The van der Waals surface area contributed by atoms with Crippen molar-refractivity contribution in [1.29, 1.82) is 0 Å². The van der Waals surface area contributed by atoms with Gasteiger partial charge in [0.2, 0.25) is 0 Å². The van der Waals surface area contributed by atoms with Crippen LogP contribution in [-0.2, 0) is 6.54 Å². The zero-order valence-corrected chi connectivity index (χ0v) is 13.2. The van der Waals surface area contributed by atoms with E-state index in [1.807, 2.05) is 41.3 Å². The summed E-state index contributed by atoms with van der Waals surface area (Å²) in [6, 6.07) is 14.2. The number of carbonyl (C=O) groups is 1. The number of carbonyl (C=O) groups excluding carboxylic acids is 1. The van der Waals surface area contributed by atoms with E-state index in [-0.39, 0.29) is 23.7 Å². The Bertz CT molecular complexity index is 682. The van der Waals surface area contributed by atoms with Crippen molar-refractivity contribution in [2.45, 2.75) is 31.8 Å². The summed E-state index contributed by atoms with van der Waals surface area (Å²) < 4.78 is 13.1. The summed E-state index contributed by atoms with van der Waals surface area (Å²) in [4.78, 5) is 14.6. The van der Waals surface area contributed by atoms with Gasteiger partial charge in [-0.05, 0) is 48.7 Å². The summed E-state index contributed by atoms with van der Waals surface area (Å²) in [5.41, 5.74) is 8.38. The lowest BCUT2D eigenvalue weighted by Crippen LogP contribution is -2.33. The van der Waals surface area contributed by atoms with E-state index in [0.29, 0.717) is 18.7 Å². The molecule has 2 N–H and O–H groups in total. The number of hydrogen-bond acceptors (Lipinski definition) is 2. The Morgan fingerprint density at radius 2 is 1.83 bits per heavy atom. The number of likely N-dealkylation sites (tertiary alicyclic amines) is 1. The number of hydrogen-bond donors (Lipinski definition) is 1. The first-order valence-corrected chi connectivity index (χ1v) is 7.94. The number of halogens is 1. The molecule has 0 saturated carbocycles. The maximum Gasteiger partial charge on any atom is 0.254 e. The van der Waals surface area contributed by atoms with E-state index in [2.05, 4.69) is 6.92 Å². The molecule has 0 aromatic heterocycles. The molecule has 120 valence electrons. The van der Waals surface area contributed by atoms with Crippen molar-refractivity contribution in [1.82, 2.24) is 4.90 Å². The molecule has 0 radical (unpaired) electrons. The summed E-state index contributed by atoms with van der Waals surface area (Å²) in [6.07, 6.45) is 0.901. The van der Waals surface area contributed by atoms with E-state index in [1.165, 1.54) is 12.1 Å². The van der Waals surface area contributed by atoms with Crippen molar-refractivity contribution in [2.24, 2.45) is 5.73 Å². The molecule has 1 aliphatic heterocycles. The Kier molecular flexibility index (Phi) is 4.44. The molecule has 23 heavy (non-hydrogen) atoms. The monoisotopic (exact) mass is 312 g/mol. The molecular formula is C19H21FN2O. The first kappa shape index (κ1) is 15.7. The Balaban J connectivity index is 1.75. The lowest BCUT2D eigenvalue weighted by atomic mass is 9.97. The standard InChI is InChI=1S/C19H21FN2O/c1-13-10-17(15-6-8-18(20)9-7-15)12-22(13)19(23)16-4-2-14(11-21)3-5-16/h2-9,13,17H,10-12,21H2,1H3/t13-,17-/m0/s1. The van der Waals surface area contributed by atoms with Gasteiger partial charge in [-0.15, -0.1) is 0 Å². The van der Waals surface area contributed by atoms with Gasteiger partial charge in [-0.25, -0.2) is 4.39 Å². The number of nitrogens with zero attached hydrogens (tertiary/aromatic N) is 1. The minimum absolute atomic E-state index is 0.0469. The minimum Gasteiger partial charge on any atom is -0.335 e. The molecule has 3 nitrogen and oxygen atoms in total. The molecule has 4 heteroatoms. The van der Waals surface area contributed by atoms with Gasteiger partial charge in [0, 0.05) is 30.6 Å². The maximum atomic E-state index is 13.1. The lowest BCUT2D eigenvalue weighted by Gasteiger charge is -2.21. The quantitative estimate of drug-likeness (QED) is 0.945. The van der Waals surface area contributed by atoms with Crippen molar-refractivity contribution >= 4 is 5.91 Å². The average Bonchev–Trinajstić information content (AvgIpc) is 2.96. The zero-order valence-electron chi connectivity index (χ0n) is 13.2. The topological polar surface area (TPSA) is 46.3 Å². The molecule has 2 atom stereocenters. The van der Waals surface area contributed by atoms with Crippen LogP contribution in [0.2, 0.25) is 0 Å². The van der Waals surface area contributed by atoms with Gasteiger partial charge in [0.25, 0.3) is 5.91 Å². The highest BCUT2D eigenvalue weighted by Crippen LogP contribution is 2.32. The first-order valence-electron chi connectivity index (χ1n) is 7.94. The van der Waals surface area contributed by atoms with E-state index < -0.39 is 0 Å². The van der Waals surface area contributed by atoms with Crippen molar-refractivity contribution in [3.63, 3.8) is 0 Å². The van der Waals surface area contributed by atoms with Crippen LogP contribution in [0.15, 0.2) is 48.5 Å². The molecule has 1 heterocycles. The van der Waals surface area contributed by atoms with Gasteiger partial charge < -0.3 is 10.6 Å². The van der Waals surface area contributed by atoms with Gasteiger partial charge >= 0.3 is 0 Å². The summed E-state index contributed by atoms with van der Waals surface area (Å²) in [6.45, 7) is 3.21. The van der Waals surface area contributed by atoms with Crippen LogP contribution in [-0.4, -0.2) is 23.4 Å². The van der Waals surface area contributed by atoms with Crippen LogP contribution >= 0.6 is 0 Å². The second-order valence-electron chi connectivity index (χ2n) is 6.19. The second kappa shape index (κ2) is 6.50. The minimum atomic E-state index is -0.229. The third-order valence-corrected chi connectivity index (χ3v) is 4.61. The van der Waals surface area contributed by atoms with E-state index in [1.54, 1.807) is 0 Å². The highest BCUT2D eigenvalue weighted by molar-refractivity contribution is 5.94. The second-order valence-corrected chi connectivity index (χ2v) is 6.19. The van der Waals surface area contributed by atoms with Gasteiger partial charge in [0.15, 0.2) is 0 Å². The van der Waals surface area contributed by atoms with Crippen LogP contribution in [0.1, 0.15) is 40.7 Å². The van der Waals surface area contributed by atoms with Gasteiger partial charge in [-0.3, -0.25) is 4.79 Å². The maximum absolute atomic E-state index is 13.1. The van der Waals surface area contributed by atoms with Crippen LogP contribution in [0.3, 0.4) is 0 Å². The van der Waals surface area contributed by atoms with Gasteiger partial charge in [-0.1, -0.05) is 24.3 Å². The highest BCUT2D eigenvalue weighted by Gasteiger charge is 2.33. The van der Waals surface area contributed by atoms with Crippen LogP contribution in [0.5, 0.6) is 0 Å². The zero-order chi connectivity index (χ0) is 16.4. The number of rotatable bonds is 3. The van der Waals surface area contributed by atoms with Gasteiger partial charge in [0.1, 0.15) is 5.82 Å². The van der Waals surface area contributed by atoms with Crippen LogP contribution < -0.4 is 5.73 Å². The molecule has 1 fully saturated rings. The summed E-state index contributed by atoms with van der Waals surface area (Å²) in [5, 5.41) is 0. The molecule has 0 unspecified atom stereocenters. The number of nitrogens with two attached hydrogens (primary N) is 1. The fourth-order valence-corrected chi connectivity index (χ4v) is 3.24. The van der Waals surface area contributed by atoms with Crippen molar-refractivity contribution in [3.05, 3.63) is 71.0 Å². The normalized spacial score (nSPS) is 20.7. The molecule has 2 aromatic carbocycles. The fraction of sp³-hybridized carbons (Fsp3) is 0.316. The van der Waals surface area contributed by atoms with Crippen molar-refractivity contribution in [3.8, 4) is 0 Å². The molecule has 0 spiro atoms. The third-order valence-electron chi connectivity index (χ3n) is 4.61. The number of amides is 1. The Morgan fingerprint density at radius 1 is 1.17 bits per heavy atom. The largest absolute Gasteiger partial charge is 0.335 e. The lowest BCUT2D eigenvalue weighted by molar-refractivity contribution is 0.0746. The van der Waals surface area contributed by atoms with E-state index >= 15 is 0 Å². The molecular weight excluding hydrogens is 291 g/mol. The average molecular weight is 312 g/mol. The molecule has 1 amide bonds. The fourth-order valence-electron chi connectivity index (χ4n) is 3.24. The van der Waals surface area contributed by atoms with Crippen LogP contribution in [0, 0.1) is 5.82 Å². The predicted molar refractivity (Wildman–Crippen MR) is 88.6 cm³/mol. The molecule has 0 bridgehead atoms. The molecule has 2 aromatic rings. The van der Waals surface area contributed by atoms with E-state index in [4.69, 9.17) is 5.73 Å².